The lowest BCUT2D eigenvalue weighted by Gasteiger charge is -2.08. The van der Waals surface area contributed by atoms with Crippen molar-refractivity contribution in [2.45, 2.75) is 0 Å². The zero-order valence-corrected chi connectivity index (χ0v) is 14.0. The number of benzene rings is 2. The SMILES string of the molecule is COc1ccc(/C(C#N)=C/c2ccc(-c3ccccc3)o2)cc1OC. The second-order valence-corrected chi connectivity index (χ2v) is 5.31. The third-order valence-corrected chi connectivity index (χ3v) is 3.79. The number of rotatable bonds is 5. The first-order chi connectivity index (χ1) is 12.2. The average Bonchev–Trinajstić information content (AvgIpc) is 3.15. The number of nitrogens with zero attached hydrogens (tertiary/aromatic N) is 1. The fraction of sp³-hybridized carbons (Fsp3) is 0.0952. The Labute approximate surface area is 146 Å². The maximum atomic E-state index is 9.52. The van der Waals surface area contributed by atoms with E-state index < -0.39 is 0 Å². The van der Waals surface area contributed by atoms with Crippen LogP contribution < -0.4 is 9.47 Å². The van der Waals surface area contributed by atoms with Gasteiger partial charge in [0.15, 0.2) is 11.5 Å². The molecule has 0 unspecified atom stereocenters. The lowest BCUT2D eigenvalue weighted by Crippen LogP contribution is -1.92. The molecule has 0 atom stereocenters. The number of ether oxygens (including phenoxy) is 2. The Hall–Kier alpha value is -3.45. The van der Waals surface area contributed by atoms with Gasteiger partial charge in [-0.3, -0.25) is 0 Å². The molecular weight excluding hydrogens is 314 g/mol. The van der Waals surface area contributed by atoms with Gasteiger partial charge in [0.1, 0.15) is 11.5 Å². The van der Waals surface area contributed by atoms with Crippen molar-refractivity contribution < 1.29 is 13.9 Å². The molecule has 0 radical (unpaired) electrons. The Bertz CT molecular complexity index is 933. The molecule has 0 aliphatic rings. The summed E-state index contributed by atoms with van der Waals surface area (Å²) in [6.07, 6.45) is 1.72. The highest BCUT2D eigenvalue weighted by Gasteiger charge is 2.09. The van der Waals surface area contributed by atoms with Gasteiger partial charge in [-0.05, 0) is 42.0 Å². The molecule has 0 saturated carbocycles. The van der Waals surface area contributed by atoms with E-state index in [1.54, 1.807) is 32.4 Å². The van der Waals surface area contributed by atoms with E-state index in [-0.39, 0.29) is 0 Å². The number of furan rings is 1. The maximum absolute atomic E-state index is 9.52. The van der Waals surface area contributed by atoms with Crippen LogP contribution in [0.4, 0.5) is 0 Å². The smallest absolute Gasteiger partial charge is 0.161 e. The highest BCUT2D eigenvalue weighted by molar-refractivity contribution is 5.89. The van der Waals surface area contributed by atoms with E-state index in [4.69, 9.17) is 13.9 Å². The molecule has 0 spiro atoms. The van der Waals surface area contributed by atoms with Crippen molar-refractivity contribution in [3.63, 3.8) is 0 Å². The summed E-state index contributed by atoms with van der Waals surface area (Å²) in [4.78, 5) is 0. The Morgan fingerprint density at radius 1 is 0.960 bits per heavy atom. The minimum Gasteiger partial charge on any atom is -0.493 e. The van der Waals surface area contributed by atoms with Crippen molar-refractivity contribution in [3.05, 3.63) is 72.0 Å². The maximum Gasteiger partial charge on any atom is 0.161 e. The molecule has 1 heterocycles. The van der Waals surface area contributed by atoms with Crippen LogP contribution in [0.1, 0.15) is 11.3 Å². The molecule has 124 valence electrons. The van der Waals surface area contributed by atoms with Crippen molar-refractivity contribution in [2.24, 2.45) is 0 Å². The zero-order valence-electron chi connectivity index (χ0n) is 14.0. The molecule has 0 amide bonds. The normalized spacial score (nSPS) is 11.0. The predicted octanol–water partition coefficient (Wildman–Crippen LogP) is 5.03. The van der Waals surface area contributed by atoms with Crippen LogP contribution in [0.2, 0.25) is 0 Å². The lowest BCUT2D eigenvalue weighted by atomic mass is 10.1. The second-order valence-electron chi connectivity index (χ2n) is 5.31. The summed E-state index contributed by atoms with van der Waals surface area (Å²) in [5.74, 6) is 2.57. The predicted molar refractivity (Wildman–Crippen MR) is 97.2 cm³/mol. The van der Waals surface area contributed by atoms with Gasteiger partial charge >= 0.3 is 0 Å². The number of hydrogen-bond donors (Lipinski definition) is 0. The molecule has 0 N–H and O–H groups in total. The molecular formula is C21H17NO3. The van der Waals surface area contributed by atoms with Crippen LogP contribution >= 0.6 is 0 Å². The Morgan fingerprint density at radius 3 is 2.40 bits per heavy atom. The van der Waals surface area contributed by atoms with E-state index in [1.807, 2.05) is 48.5 Å². The van der Waals surface area contributed by atoms with E-state index in [1.165, 1.54) is 0 Å². The minimum atomic E-state index is 0.481. The zero-order chi connectivity index (χ0) is 17.6. The van der Waals surface area contributed by atoms with Gasteiger partial charge in [-0.2, -0.15) is 5.26 Å². The van der Waals surface area contributed by atoms with Gasteiger partial charge in [0.2, 0.25) is 0 Å². The molecule has 0 aliphatic heterocycles. The fourth-order valence-corrected chi connectivity index (χ4v) is 2.51. The molecule has 3 aromatic rings. The van der Waals surface area contributed by atoms with E-state index in [0.29, 0.717) is 22.8 Å². The number of methoxy groups -OCH3 is 2. The van der Waals surface area contributed by atoms with Gasteiger partial charge in [-0.15, -0.1) is 0 Å². The third-order valence-electron chi connectivity index (χ3n) is 3.79. The standard InChI is InChI=1S/C21H17NO3/c1-23-20-10-8-16(13-21(20)24-2)17(14-22)12-18-9-11-19(25-18)15-6-4-3-5-7-15/h3-13H,1-2H3/b17-12+. The minimum absolute atomic E-state index is 0.481. The van der Waals surface area contributed by atoms with Gasteiger partial charge in [0.25, 0.3) is 0 Å². The van der Waals surface area contributed by atoms with Gasteiger partial charge in [-0.1, -0.05) is 30.3 Å². The number of nitriles is 1. The quantitative estimate of drug-likeness (QED) is 0.615. The molecule has 0 bridgehead atoms. The van der Waals surface area contributed by atoms with Crippen LogP contribution in [-0.2, 0) is 0 Å². The summed E-state index contributed by atoms with van der Waals surface area (Å²) in [6, 6.07) is 21.1. The third kappa shape index (κ3) is 3.56. The molecule has 4 nitrogen and oxygen atoms in total. The molecule has 3 rings (SSSR count). The summed E-state index contributed by atoms with van der Waals surface area (Å²) >= 11 is 0. The lowest BCUT2D eigenvalue weighted by molar-refractivity contribution is 0.355. The summed E-state index contributed by atoms with van der Waals surface area (Å²) in [5.41, 5.74) is 2.21. The topological polar surface area (TPSA) is 55.4 Å². The van der Waals surface area contributed by atoms with Crippen LogP contribution in [0, 0.1) is 11.3 Å². The van der Waals surface area contributed by atoms with Crippen LogP contribution in [0.3, 0.4) is 0 Å². The second kappa shape index (κ2) is 7.41. The van der Waals surface area contributed by atoms with Crippen LogP contribution in [0.25, 0.3) is 23.0 Å². The summed E-state index contributed by atoms with van der Waals surface area (Å²) in [7, 11) is 3.14. The largest absolute Gasteiger partial charge is 0.493 e. The number of allylic oxidation sites excluding steroid dienone is 1. The molecule has 0 fully saturated rings. The van der Waals surface area contributed by atoms with Crippen molar-refractivity contribution in [3.8, 4) is 28.9 Å². The van der Waals surface area contributed by atoms with E-state index in [2.05, 4.69) is 6.07 Å². The van der Waals surface area contributed by atoms with E-state index in [9.17, 15) is 5.26 Å². The van der Waals surface area contributed by atoms with Gasteiger partial charge < -0.3 is 13.9 Å². The Balaban J connectivity index is 1.94. The van der Waals surface area contributed by atoms with Crippen LogP contribution in [0.5, 0.6) is 11.5 Å². The Kier molecular flexibility index (Phi) is 4.87. The van der Waals surface area contributed by atoms with Gasteiger partial charge in [0.05, 0.1) is 25.9 Å². The van der Waals surface area contributed by atoms with Crippen LogP contribution in [0.15, 0.2) is 65.1 Å². The number of hydrogen-bond acceptors (Lipinski definition) is 4. The first-order valence-corrected chi connectivity index (χ1v) is 7.74. The van der Waals surface area contributed by atoms with Crippen molar-refractivity contribution in [1.29, 1.82) is 5.26 Å². The molecule has 25 heavy (non-hydrogen) atoms. The van der Waals surface area contributed by atoms with E-state index in [0.717, 1.165) is 16.9 Å². The highest BCUT2D eigenvalue weighted by atomic mass is 16.5. The summed E-state index contributed by atoms with van der Waals surface area (Å²) in [5, 5.41) is 9.52. The monoisotopic (exact) mass is 331 g/mol. The van der Waals surface area contributed by atoms with Gasteiger partial charge in [0, 0.05) is 5.56 Å². The molecule has 1 aromatic heterocycles. The first kappa shape index (κ1) is 16.4. The highest BCUT2D eigenvalue weighted by Crippen LogP contribution is 2.31. The fourth-order valence-electron chi connectivity index (χ4n) is 2.51. The average molecular weight is 331 g/mol. The van der Waals surface area contributed by atoms with Crippen LogP contribution in [-0.4, -0.2) is 14.2 Å². The van der Waals surface area contributed by atoms with Gasteiger partial charge in [-0.25, -0.2) is 0 Å². The molecule has 4 heteroatoms. The van der Waals surface area contributed by atoms with Crippen molar-refractivity contribution >= 4 is 11.6 Å². The summed E-state index contributed by atoms with van der Waals surface area (Å²) < 4.78 is 16.4. The summed E-state index contributed by atoms with van der Waals surface area (Å²) in [6.45, 7) is 0. The van der Waals surface area contributed by atoms with Crippen molar-refractivity contribution in [2.75, 3.05) is 14.2 Å². The van der Waals surface area contributed by atoms with E-state index >= 15 is 0 Å². The first-order valence-electron chi connectivity index (χ1n) is 7.74. The molecule has 0 aliphatic carbocycles. The molecule has 2 aromatic carbocycles. The van der Waals surface area contributed by atoms with Crippen molar-refractivity contribution in [1.82, 2.24) is 0 Å². The Morgan fingerprint density at radius 2 is 1.72 bits per heavy atom. The molecule has 0 saturated heterocycles.